The Labute approximate surface area is 172 Å². The maximum absolute atomic E-state index is 12.7. The van der Waals surface area contributed by atoms with Gasteiger partial charge in [-0.05, 0) is 54.8 Å². The lowest BCUT2D eigenvalue weighted by molar-refractivity contribution is -0.120. The first-order valence-electron chi connectivity index (χ1n) is 9.25. The van der Waals surface area contributed by atoms with Gasteiger partial charge in [-0.2, -0.15) is 0 Å². The lowest BCUT2D eigenvalue weighted by atomic mass is 10.0. The van der Waals surface area contributed by atoms with Gasteiger partial charge in [0, 0.05) is 0 Å². The molecule has 8 heteroatoms. The Balaban J connectivity index is 2.18. The molecule has 2 aromatic carbocycles. The van der Waals surface area contributed by atoms with Gasteiger partial charge in [-0.3, -0.25) is 9.10 Å². The predicted molar refractivity (Wildman–Crippen MR) is 114 cm³/mol. The van der Waals surface area contributed by atoms with E-state index in [1.807, 2.05) is 32.0 Å². The second-order valence-corrected chi connectivity index (χ2v) is 8.63. The minimum atomic E-state index is -3.64. The summed E-state index contributed by atoms with van der Waals surface area (Å²) in [6.07, 6.45) is 1.74. The van der Waals surface area contributed by atoms with Crippen LogP contribution in [0.3, 0.4) is 0 Å². The van der Waals surface area contributed by atoms with Crippen molar-refractivity contribution in [3.05, 3.63) is 53.6 Å². The molecule has 158 valence electrons. The summed E-state index contributed by atoms with van der Waals surface area (Å²) < 4.78 is 36.0. The molecule has 1 atom stereocenters. The van der Waals surface area contributed by atoms with E-state index in [1.54, 1.807) is 31.4 Å². The standard InChI is InChI=1S/C21H28N2O5S/c1-6-19(16-7-12-20(28-4)15(2)13-16)22-21(24)14-23(29(5,25)26)17-8-10-18(27-3)11-9-17/h7-13,19H,6,14H2,1-5H3,(H,22,24)/t19-/m0/s1. The van der Waals surface area contributed by atoms with Crippen LogP contribution >= 0.6 is 0 Å². The smallest absolute Gasteiger partial charge is 0.241 e. The van der Waals surface area contributed by atoms with Crippen molar-refractivity contribution in [2.24, 2.45) is 0 Å². The van der Waals surface area contributed by atoms with E-state index in [-0.39, 0.29) is 18.5 Å². The number of nitrogens with zero attached hydrogens (tertiary/aromatic N) is 1. The van der Waals surface area contributed by atoms with Crippen LogP contribution in [0.2, 0.25) is 0 Å². The normalized spacial score (nSPS) is 12.2. The van der Waals surface area contributed by atoms with E-state index in [1.165, 1.54) is 7.11 Å². The summed E-state index contributed by atoms with van der Waals surface area (Å²) >= 11 is 0. The molecule has 0 radical (unpaired) electrons. The fraction of sp³-hybridized carbons (Fsp3) is 0.381. The molecule has 0 unspecified atom stereocenters. The zero-order chi connectivity index (χ0) is 21.6. The van der Waals surface area contributed by atoms with Gasteiger partial charge in [0.05, 0.1) is 32.2 Å². The summed E-state index contributed by atoms with van der Waals surface area (Å²) in [5.41, 5.74) is 2.31. The second kappa shape index (κ2) is 9.65. The van der Waals surface area contributed by atoms with E-state index in [0.717, 1.165) is 27.4 Å². The fourth-order valence-corrected chi connectivity index (χ4v) is 3.91. The summed E-state index contributed by atoms with van der Waals surface area (Å²) in [4.78, 5) is 12.7. The van der Waals surface area contributed by atoms with Crippen LogP contribution in [0.4, 0.5) is 5.69 Å². The molecular weight excluding hydrogens is 392 g/mol. The Kier molecular flexibility index (Phi) is 7.50. The molecule has 0 bridgehead atoms. The van der Waals surface area contributed by atoms with Crippen molar-refractivity contribution in [2.75, 3.05) is 31.3 Å². The fourth-order valence-electron chi connectivity index (χ4n) is 3.06. The number of ether oxygens (including phenoxy) is 2. The number of hydrogen-bond acceptors (Lipinski definition) is 5. The Morgan fingerprint density at radius 3 is 2.24 bits per heavy atom. The van der Waals surface area contributed by atoms with Gasteiger partial charge in [0.2, 0.25) is 15.9 Å². The summed E-state index contributed by atoms with van der Waals surface area (Å²) in [5, 5.41) is 2.93. The van der Waals surface area contributed by atoms with Crippen molar-refractivity contribution in [1.29, 1.82) is 0 Å². The van der Waals surface area contributed by atoms with Crippen molar-refractivity contribution in [3.8, 4) is 11.5 Å². The number of rotatable bonds is 9. The zero-order valence-corrected chi connectivity index (χ0v) is 18.2. The summed E-state index contributed by atoms with van der Waals surface area (Å²) in [5.74, 6) is 0.997. The van der Waals surface area contributed by atoms with E-state index < -0.39 is 10.0 Å². The van der Waals surface area contributed by atoms with Crippen molar-refractivity contribution in [3.63, 3.8) is 0 Å². The molecule has 29 heavy (non-hydrogen) atoms. The molecule has 1 N–H and O–H groups in total. The molecule has 7 nitrogen and oxygen atoms in total. The first-order valence-corrected chi connectivity index (χ1v) is 11.1. The van der Waals surface area contributed by atoms with Crippen LogP contribution < -0.4 is 19.1 Å². The topological polar surface area (TPSA) is 84.9 Å². The highest BCUT2D eigenvalue weighted by atomic mass is 32.2. The number of hydrogen-bond donors (Lipinski definition) is 1. The number of amides is 1. The maximum Gasteiger partial charge on any atom is 0.241 e. The number of methoxy groups -OCH3 is 2. The van der Waals surface area contributed by atoms with Crippen LogP contribution in [0.5, 0.6) is 11.5 Å². The number of carbonyl (C=O) groups excluding carboxylic acids is 1. The van der Waals surface area contributed by atoms with Crippen LogP contribution in [0.1, 0.15) is 30.5 Å². The summed E-state index contributed by atoms with van der Waals surface area (Å²) in [7, 11) is -0.499. The van der Waals surface area contributed by atoms with Gasteiger partial charge in [-0.25, -0.2) is 8.42 Å². The SMILES string of the molecule is CC[C@H](NC(=O)CN(c1ccc(OC)cc1)S(C)(=O)=O)c1ccc(OC)c(C)c1. The molecule has 2 aromatic rings. The minimum absolute atomic E-state index is 0.232. The molecule has 0 heterocycles. The van der Waals surface area contributed by atoms with Gasteiger partial charge < -0.3 is 14.8 Å². The van der Waals surface area contributed by atoms with Crippen molar-refractivity contribution < 1.29 is 22.7 Å². The molecule has 1 amide bonds. The first kappa shape index (κ1) is 22.5. The maximum atomic E-state index is 12.7. The second-order valence-electron chi connectivity index (χ2n) is 6.73. The number of anilines is 1. The molecule has 0 aliphatic rings. The minimum Gasteiger partial charge on any atom is -0.497 e. The van der Waals surface area contributed by atoms with Gasteiger partial charge in [0.15, 0.2) is 0 Å². The van der Waals surface area contributed by atoms with Crippen molar-refractivity contribution >= 4 is 21.6 Å². The van der Waals surface area contributed by atoms with E-state index >= 15 is 0 Å². The highest BCUT2D eigenvalue weighted by Crippen LogP contribution is 2.25. The first-order chi connectivity index (χ1) is 13.7. The molecule has 0 fully saturated rings. The molecule has 2 rings (SSSR count). The lowest BCUT2D eigenvalue weighted by Gasteiger charge is -2.24. The average Bonchev–Trinajstić information content (AvgIpc) is 2.69. The molecule has 0 aliphatic heterocycles. The highest BCUT2D eigenvalue weighted by Gasteiger charge is 2.23. The number of nitrogens with one attached hydrogen (secondary N) is 1. The molecular formula is C21H28N2O5S. The Morgan fingerprint density at radius 1 is 1.10 bits per heavy atom. The average molecular weight is 421 g/mol. The van der Waals surface area contributed by atoms with Gasteiger partial charge in [0.1, 0.15) is 18.0 Å². The van der Waals surface area contributed by atoms with Crippen LogP contribution in [0, 0.1) is 6.92 Å². The summed E-state index contributed by atoms with van der Waals surface area (Å²) in [6, 6.07) is 12.0. The Bertz CT molecular complexity index is 942. The Hall–Kier alpha value is -2.74. The van der Waals surface area contributed by atoms with Crippen LogP contribution in [-0.4, -0.2) is 41.3 Å². The van der Waals surface area contributed by atoms with E-state index in [9.17, 15) is 13.2 Å². The zero-order valence-electron chi connectivity index (χ0n) is 17.4. The van der Waals surface area contributed by atoms with E-state index in [2.05, 4.69) is 5.32 Å². The number of sulfonamides is 1. The predicted octanol–water partition coefficient (Wildman–Crippen LogP) is 3.05. The highest BCUT2D eigenvalue weighted by molar-refractivity contribution is 7.92. The quantitative estimate of drug-likeness (QED) is 0.674. The molecule has 0 spiro atoms. The van der Waals surface area contributed by atoms with Crippen LogP contribution in [0.15, 0.2) is 42.5 Å². The largest absolute Gasteiger partial charge is 0.497 e. The summed E-state index contributed by atoms with van der Waals surface area (Å²) in [6.45, 7) is 3.59. The van der Waals surface area contributed by atoms with Crippen LogP contribution in [-0.2, 0) is 14.8 Å². The van der Waals surface area contributed by atoms with Crippen LogP contribution in [0.25, 0.3) is 0 Å². The number of aryl methyl sites for hydroxylation is 1. The molecule has 0 aromatic heterocycles. The van der Waals surface area contributed by atoms with E-state index in [0.29, 0.717) is 17.9 Å². The number of benzene rings is 2. The van der Waals surface area contributed by atoms with Gasteiger partial charge in [0.25, 0.3) is 0 Å². The third-order valence-electron chi connectivity index (χ3n) is 4.61. The third-order valence-corrected chi connectivity index (χ3v) is 5.75. The van der Waals surface area contributed by atoms with Gasteiger partial charge in [-0.15, -0.1) is 0 Å². The third kappa shape index (κ3) is 5.87. The lowest BCUT2D eigenvalue weighted by Crippen LogP contribution is -2.41. The van der Waals surface area contributed by atoms with Crippen molar-refractivity contribution in [1.82, 2.24) is 5.32 Å². The Morgan fingerprint density at radius 2 is 1.76 bits per heavy atom. The molecule has 0 saturated heterocycles. The number of carbonyl (C=O) groups is 1. The molecule has 0 aliphatic carbocycles. The van der Waals surface area contributed by atoms with Gasteiger partial charge >= 0.3 is 0 Å². The van der Waals surface area contributed by atoms with Crippen molar-refractivity contribution in [2.45, 2.75) is 26.3 Å². The molecule has 0 saturated carbocycles. The van der Waals surface area contributed by atoms with Gasteiger partial charge in [-0.1, -0.05) is 19.1 Å². The monoisotopic (exact) mass is 420 g/mol. The van der Waals surface area contributed by atoms with E-state index in [4.69, 9.17) is 9.47 Å².